The fourth-order valence-electron chi connectivity index (χ4n) is 1.16. The lowest BCUT2D eigenvalue weighted by atomic mass is 10.3. The zero-order valence-electron chi connectivity index (χ0n) is 7.83. The summed E-state index contributed by atoms with van der Waals surface area (Å²) in [6.07, 6.45) is 0.484. The van der Waals surface area contributed by atoms with E-state index in [1.807, 2.05) is 0 Å². The van der Waals surface area contributed by atoms with E-state index in [9.17, 15) is 12.8 Å². The van der Waals surface area contributed by atoms with Crippen molar-refractivity contribution < 1.29 is 12.8 Å². The van der Waals surface area contributed by atoms with Crippen LogP contribution in [0.1, 0.15) is 13.3 Å². The van der Waals surface area contributed by atoms with E-state index in [1.54, 1.807) is 6.92 Å². The van der Waals surface area contributed by atoms with Crippen LogP contribution < -0.4 is 5.73 Å². The molecule has 0 saturated heterocycles. The van der Waals surface area contributed by atoms with Gasteiger partial charge in [0.05, 0.1) is 16.3 Å². The molecule has 0 aliphatic rings. The van der Waals surface area contributed by atoms with E-state index in [4.69, 9.17) is 5.73 Å². The first-order valence-electron chi connectivity index (χ1n) is 4.25. The van der Waals surface area contributed by atoms with Crippen molar-refractivity contribution in [1.29, 1.82) is 0 Å². The summed E-state index contributed by atoms with van der Waals surface area (Å²) in [7, 11) is -3.43. The number of halogens is 1. The topological polar surface area (TPSA) is 60.2 Å². The Kier molecular flexibility index (Phi) is 3.10. The minimum absolute atomic E-state index is 0.0132. The Hall–Kier alpha value is -1.10. The minimum Gasteiger partial charge on any atom is -0.398 e. The van der Waals surface area contributed by atoms with E-state index in [0.717, 1.165) is 12.1 Å². The van der Waals surface area contributed by atoms with Crippen LogP contribution in [0.15, 0.2) is 23.1 Å². The van der Waals surface area contributed by atoms with Crippen LogP contribution in [0.25, 0.3) is 0 Å². The molecule has 0 heterocycles. The Labute approximate surface area is 82.7 Å². The van der Waals surface area contributed by atoms with Crippen molar-refractivity contribution in [2.45, 2.75) is 18.2 Å². The molecule has 0 bridgehead atoms. The molecule has 0 atom stereocenters. The van der Waals surface area contributed by atoms with Crippen LogP contribution in [-0.4, -0.2) is 14.2 Å². The Morgan fingerprint density at radius 1 is 1.43 bits per heavy atom. The third-order valence-corrected chi connectivity index (χ3v) is 3.75. The number of rotatable bonds is 3. The number of anilines is 1. The molecule has 1 aromatic rings. The first kappa shape index (κ1) is 11.0. The highest BCUT2D eigenvalue weighted by Crippen LogP contribution is 2.20. The summed E-state index contributed by atoms with van der Waals surface area (Å²) < 4.78 is 35.9. The van der Waals surface area contributed by atoms with Gasteiger partial charge in [0.2, 0.25) is 0 Å². The van der Waals surface area contributed by atoms with Gasteiger partial charge in [-0.25, -0.2) is 12.8 Å². The van der Waals surface area contributed by atoms with Crippen LogP contribution in [0.4, 0.5) is 10.1 Å². The average molecular weight is 217 g/mol. The fraction of sp³-hybridized carbons (Fsp3) is 0.333. The third-order valence-electron chi connectivity index (χ3n) is 1.78. The molecule has 0 amide bonds. The number of hydrogen-bond acceptors (Lipinski definition) is 3. The van der Waals surface area contributed by atoms with Gasteiger partial charge in [0.15, 0.2) is 9.84 Å². The van der Waals surface area contributed by atoms with Crippen LogP contribution in [0.3, 0.4) is 0 Å². The average Bonchev–Trinajstić information content (AvgIpc) is 2.09. The van der Waals surface area contributed by atoms with E-state index < -0.39 is 15.7 Å². The summed E-state index contributed by atoms with van der Waals surface area (Å²) in [5.41, 5.74) is 5.56. The van der Waals surface area contributed by atoms with Crippen molar-refractivity contribution in [3.05, 3.63) is 24.0 Å². The fourth-order valence-corrected chi connectivity index (χ4v) is 2.63. The highest BCUT2D eigenvalue weighted by Gasteiger charge is 2.16. The summed E-state index contributed by atoms with van der Waals surface area (Å²) in [6, 6.07) is 3.36. The number of hydrogen-bond donors (Lipinski definition) is 1. The van der Waals surface area contributed by atoms with Crippen molar-refractivity contribution in [3.8, 4) is 0 Å². The van der Waals surface area contributed by atoms with Gasteiger partial charge in [-0.3, -0.25) is 0 Å². The van der Waals surface area contributed by atoms with Gasteiger partial charge < -0.3 is 5.73 Å². The van der Waals surface area contributed by atoms with Gasteiger partial charge in [-0.05, 0) is 24.6 Å². The molecule has 78 valence electrons. The Balaban J connectivity index is 3.25. The molecule has 0 aliphatic heterocycles. The highest BCUT2D eigenvalue weighted by atomic mass is 32.2. The molecule has 5 heteroatoms. The Morgan fingerprint density at radius 3 is 2.64 bits per heavy atom. The summed E-state index contributed by atoms with van der Waals surface area (Å²) in [5.74, 6) is -0.602. The number of sulfone groups is 1. The molecule has 0 saturated carbocycles. The van der Waals surface area contributed by atoms with E-state index in [1.165, 1.54) is 6.07 Å². The number of nitrogen functional groups attached to an aromatic ring is 1. The maximum Gasteiger partial charge on any atom is 0.180 e. The largest absolute Gasteiger partial charge is 0.398 e. The predicted molar refractivity (Wildman–Crippen MR) is 53.2 cm³/mol. The van der Waals surface area contributed by atoms with Crippen molar-refractivity contribution in [3.63, 3.8) is 0 Å². The normalized spacial score (nSPS) is 11.6. The second-order valence-electron chi connectivity index (χ2n) is 3.00. The molecule has 2 N–H and O–H groups in total. The molecule has 0 unspecified atom stereocenters. The highest BCUT2D eigenvalue weighted by molar-refractivity contribution is 7.91. The van der Waals surface area contributed by atoms with E-state index in [-0.39, 0.29) is 16.3 Å². The second-order valence-corrected chi connectivity index (χ2v) is 5.08. The summed E-state index contributed by atoms with van der Waals surface area (Å²) in [4.78, 5) is -0.112. The van der Waals surface area contributed by atoms with Crippen molar-refractivity contribution in [1.82, 2.24) is 0 Å². The molecular formula is C9H12FNO2S. The predicted octanol–water partition coefficient (Wildman–Crippen LogP) is 1.59. The summed E-state index contributed by atoms with van der Waals surface area (Å²) >= 11 is 0. The maximum absolute atomic E-state index is 12.8. The molecule has 0 radical (unpaired) electrons. The quantitative estimate of drug-likeness (QED) is 0.782. The molecular weight excluding hydrogens is 205 g/mol. The van der Waals surface area contributed by atoms with Crippen molar-refractivity contribution in [2.24, 2.45) is 0 Å². The smallest absolute Gasteiger partial charge is 0.180 e. The summed E-state index contributed by atoms with van der Waals surface area (Å²) in [5, 5.41) is 0. The second kappa shape index (κ2) is 3.96. The lowest BCUT2D eigenvalue weighted by Gasteiger charge is -2.05. The third kappa shape index (κ3) is 2.23. The SMILES string of the molecule is CCCS(=O)(=O)c1cc(F)ccc1N. The maximum atomic E-state index is 12.8. The number of nitrogens with two attached hydrogens (primary N) is 1. The summed E-state index contributed by atoms with van der Waals surface area (Å²) in [6.45, 7) is 1.74. The molecule has 0 fully saturated rings. The molecule has 1 rings (SSSR count). The van der Waals surface area contributed by atoms with Gasteiger partial charge in [0, 0.05) is 0 Å². The monoisotopic (exact) mass is 217 g/mol. The van der Waals surface area contributed by atoms with Gasteiger partial charge in [-0.1, -0.05) is 6.92 Å². The van der Waals surface area contributed by atoms with Gasteiger partial charge in [-0.2, -0.15) is 0 Å². The van der Waals surface area contributed by atoms with E-state index >= 15 is 0 Å². The van der Waals surface area contributed by atoms with Crippen LogP contribution in [-0.2, 0) is 9.84 Å². The number of benzene rings is 1. The lowest BCUT2D eigenvalue weighted by molar-refractivity contribution is 0.590. The van der Waals surface area contributed by atoms with E-state index in [0.29, 0.717) is 6.42 Å². The molecule has 14 heavy (non-hydrogen) atoms. The van der Waals surface area contributed by atoms with E-state index in [2.05, 4.69) is 0 Å². The van der Waals surface area contributed by atoms with Crippen LogP contribution >= 0.6 is 0 Å². The van der Waals surface area contributed by atoms with Crippen LogP contribution in [0.2, 0.25) is 0 Å². The molecule has 0 aliphatic carbocycles. The van der Waals surface area contributed by atoms with Gasteiger partial charge in [0.25, 0.3) is 0 Å². The Morgan fingerprint density at radius 2 is 2.07 bits per heavy atom. The Bertz CT molecular complexity index is 428. The first-order chi connectivity index (χ1) is 6.47. The molecule has 1 aromatic carbocycles. The zero-order chi connectivity index (χ0) is 10.8. The molecule has 0 spiro atoms. The zero-order valence-corrected chi connectivity index (χ0v) is 8.64. The van der Waals surface area contributed by atoms with Gasteiger partial charge in [-0.15, -0.1) is 0 Å². The van der Waals surface area contributed by atoms with Crippen molar-refractivity contribution >= 4 is 15.5 Å². The molecule has 0 aromatic heterocycles. The van der Waals surface area contributed by atoms with Crippen molar-refractivity contribution in [2.75, 3.05) is 11.5 Å². The lowest BCUT2D eigenvalue weighted by Crippen LogP contribution is -2.09. The first-order valence-corrected chi connectivity index (χ1v) is 5.90. The molecule has 3 nitrogen and oxygen atoms in total. The standard InChI is InChI=1S/C9H12FNO2S/c1-2-5-14(12,13)9-6-7(10)3-4-8(9)11/h3-4,6H,2,5,11H2,1H3. The minimum atomic E-state index is -3.43. The van der Waals surface area contributed by atoms with Crippen LogP contribution in [0.5, 0.6) is 0 Å². The van der Waals surface area contributed by atoms with Gasteiger partial charge >= 0.3 is 0 Å². The van der Waals surface area contributed by atoms with Gasteiger partial charge in [0.1, 0.15) is 5.82 Å². The van der Waals surface area contributed by atoms with Crippen LogP contribution in [0, 0.1) is 5.82 Å².